The van der Waals surface area contributed by atoms with E-state index in [1.807, 2.05) is 24.3 Å². The van der Waals surface area contributed by atoms with Crippen molar-refractivity contribution in [2.24, 2.45) is 0 Å². The number of benzene rings is 1. The normalized spacial score (nSPS) is 12.2. The van der Waals surface area contributed by atoms with Crippen molar-refractivity contribution in [2.45, 2.75) is 26.4 Å². The van der Waals surface area contributed by atoms with Gasteiger partial charge in [-0.05, 0) is 47.0 Å². The quantitative estimate of drug-likeness (QED) is 0.867. The number of rotatable bonds is 4. The molecule has 0 saturated heterocycles. The Morgan fingerprint density at radius 2 is 2.11 bits per heavy atom. The second-order valence-electron chi connectivity index (χ2n) is 4.20. The molecule has 100 valence electrons. The summed E-state index contributed by atoms with van der Waals surface area (Å²) in [5.74, 6) is 0.481. The maximum absolute atomic E-state index is 12.0. The fraction of sp³-hybridized carbons (Fsp3) is 0.286. The molecule has 0 aliphatic heterocycles. The molecular formula is C14H15BrN2O2. The predicted octanol–water partition coefficient (Wildman–Crippen LogP) is 3.32. The molecular weight excluding hydrogens is 308 g/mol. The third-order valence-corrected chi connectivity index (χ3v) is 3.18. The molecule has 1 aromatic carbocycles. The van der Waals surface area contributed by atoms with Gasteiger partial charge >= 0.3 is 0 Å². The molecule has 0 aliphatic rings. The first-order chi connectivity index (χ1) is 9.10. The molecule has 4 nitrogen and oxygen atoms in total. The van der Waals surface area contributed by atoms with Crippen LogP contribution in [0, 0.1) is 0 Å². The van der Waals surface area contributed by atoms with Gasteiger partial charge in [-0.2, -0.15) is 5.10 Å². The molecule has 2 rings (SSSR count). The van der Waals surface area contributed by atoms with Crippen LogP contribution in [0.1, 0.15) is 24.2 Å². The van der Waals surface area contributed by atoms with E-state index in [0.29, 0.717) is 5.75 Å². The van der Waals surface area contributed by atoms with Crippen molar-refractivity contribution in [1.82, 2.24) is 9.78 Å². The summed E-state index contributed by atoms with van der Waals surface area (Å²) in [4.78, 5) is 12.0. The van der Waals surface area contributed by atoms with Crippen molar-refractivity contribution in [2.75, 3.05) is 0 Å². The molecule has 0 fully saturated rings. The number of carbonyl (C=O) groups excluding carboxylic acids is 1. The third kappa shape index (κ3) is 3.44. The second kappa shape index (κ2) is 6.02. The first-order valence-corrected chi connectivity index (χ1v) is 6.89. The lowest BCUT2D eigenvalue weighted by Gasteiger charge is -2.13. The number of carbonyl (C=O) groups is 1. The summed E-state index contributed by atoms with van der Waals surface area (Å²) in [6.07, 6.45) is 3.58. The molecule has 0 saturated carbocycles. The van der Waals surface area contributed by atoms with Crippen LogP contribution in [-0.2, 0) is 6.42 Å². The number of aromatic nitrogens is 2. The highest BCUT2D eigenvalue weighted by Gasteiger charge is 2.17. The van der Waals surface area contributed by atoms with Gasteiger partial charge in [0.1, 0.15) is 5.75 Å². The Balaban J connectivity index is 2.03. The monoisotopic (exact) mass is 322 g/mol. The van der Waals surface area contributed by atoms with Gasteiger partial charge in [-0.3, -0.25) is 4.79 Å². The van der Waals surface area contributed by atoms with Gasteiger partial charge in [0.15, 0.2) is 6.10 Å². The predicted molar refractivity (Wildman–Crippen MR) is 76.5 cm³/mol. The zero-order valence-electron chi connectivity index (χ0n) is 10.8. The van der Waals surface area contributed by atoms with Crippen molar-refractivity contribution < 1.29 is 9.53 Å². The molecule has 0 radical (unpaired) electrons. The molecule has 1 aromatic heterocycles. The highest BCUT2D eigenvalue weighted by Crippen LogP contribution is 2.15. The summed E-state index contributed by atoms with van der Waals surface area (Å²) in [6, 6.07) is 7.75. The van der Waals surface area contributed by atoms with E-state index in [9.17, 15) is 4.79 Å². The number of nitrogens with zero attached hydrogens (tertiary/aromatic N) is 2. The van der Waals surface area contributed by atoms with Gasteiger partial charge in [-0.25, -0.2) is 4.68 Å². The molecule has 2 aromatic rings. The van der Waals surface area contributed by atoms with E-state index in [1.165, 1.54) is 10.2 Å². The van der Waals surface area contributed by atoms with Gasteiger partial charge in [-0.1, -0.05) is 19.1 Å². The van der Waals surface area contributed by atoms with Crippen molar-refractivity contribution in [3.63, 3.8) is 0 Å². The highest BCUT2D eigenvalue weighted by molar-refractivity contribution is 9.10. The van der Waals surface area contributed by atoms with Crippen molar-refractivity contribution in [3.8, 4) is 5.75 Å². The van der Waals surface area contributed by atoms with Crippen LogP contribution in [0.4, 0.5) is 0 Å². The lowest BCUT2D eigenvalue weighted by molar-refractivity contribution is 0.0710. The molecule has 5 heteroatoms. The van der Waals surface area contributed by atoms with E-state index in [4.69, 9.17) is 4.74 Å². The summed E-state index contributed by atoms with van der Waals surface area (Å²) in [5, 5.41) is 3.95. The first kappa shape index (κ1) is 13.8. The van der Waals surface area contributed by atoms with Gasteiger partial charge in [0.05, 0.1) is 10.7 Å². The SMILES string of the molecule is CCc1ccc(O[C@@H](C)C(=O)n2cc(Br)cn2)cc1. The maximum Gasteiger partial charge on any atom is 0.287 e. The highest BCUT2D eigenvalue weighted by atomic mass is 79.9. The van der Waals surface area contributed by atoms with Crippen LogP contribution >= 0.6 is 15.9 Å². The number of hydrogen-bond acceptors (Lipinski definition) is 3. The summed E-state index contributed by atoms with van der Waals surface area (Å²) in [6.45, 7) is 3.81. The molecule has 0 spiro atoms. The standard InChI is InChI=1S/C14H15BrN2O2/c1-3-11-4-6-13(7-5-11)19-10(2)14(18)17-9-12(15)8-16-17/h4-10H,3H2,1-2H3/t10-/m0/s1. The van der Waals surface area contributed by atoms with E-state index in [0.717, 1.165) is 10.9 Å². The molecule has 19 heavy (non-hydrogen) atoms. The summed E-state index contributed by atoms with van der Waals surface area (Å²) in [7, 11) is 0. The van der Waals surface area contributed by atoms with Gasteiger partial charge in [0.25, 0.3) is 5.91 Å². The Bertz CT molecular complexity index is 563. The molecule has 1 heterocycles. The van der Waals surface area contributed by atoms with Crippen molar-refractivity contribution >= 4 is 21.8 Å². The van der Waals surface area contributed by atoms with E-state index < -0.39 is 6.10 Å². The van der Waals surface area contributed by atoms with Crippen LogP contribution in [0.25, 0.3) is 0 Å². The number of aryl methyl sites for hydroxylation is 1. The molecule has 0 amide bonds. The minimum absolute atomic E-state index is 0.203. The van der Waals surface area contributed by atoms with E-state index in [1.54, 1.807) is 19.3 Å². The van der Waals surface area contributed by atoms with Gasteiger partial charge in [-0.15, -0.1) is 0 Å². The molecule has 0 aliphatic carbocycles. The van der Waals surface area contributed by atoms with Crippen LogP contribution in [0.15, 0.2) is 41.1 Å². The Hall–Kier alpha value is -1.62. The van der Waals surface area contributed by atoms with E-state index in [2.05, 4.69) is 28.0 Å². The van der Waals surface area contributed by atoms with Crippen LogP contribution in [0.3, 0.4) is 0 Å². The van der Waals surface area contributed by atoms with Gasteiger partial charge < -0.3 is 4.74 Å². The van der Waals surface area contributed by atoms with Crippen LogP contribution < -0.4 is 4.74 Å². The van der Waals surface area contributed by atoms with Gasteiger partial charge in [0.2, 0.25) is 0 Å². The maximum atomic E-state index is 12.0. The lowest BCUT2D eigenvalue weighted by Crippen LogP contribution is -2.29. The Kier molecular flexibility index (Phi) is 4.37. The number of hydrogen-bond donors (Lipinski definition) is 0. The third-order valence-electron chi connectivity index (χ3n) is 2.77. The lowest BCUT2D eigenvalue weighted by atomic mass is 10.2. The topological polar surface area (TPSA) is 44.1 Å². The Morgan fingerprint density at radius 1 is 1.42 bits per heavy atom. The molecule has 0 N–H and O–H groups in total. The number of ether oxygens (including phenoxy) is 1. The largest absolute Gasteiger partial charge is 0.481 e. The fourth-order valence-electron chi connectivity index (χ4n) is 1.67. The first-order valence-electron chi connectivity index (χ1n) is 6.10. The number of halogens is 1. The smallest absolute Gasteiger partial charge is 0.287 e. The zero-order valence-corrected chi connectivity index (χ0v) is 12.4. The molecule has 1 atom stereocenters. The average molecular weight is 323 g/mol. The Labute approximate surface area is 120 Å². The fourth-order valence-corrected chi connectivity index (χ4v) is 1.95. The summed E-state index contributed by atoms with van der Waals surface area (Å²) in [5.41, 5.74) is 1.24. The minimum atomic E-state index is -0.584. The Morgan fingerprint density at radius 3 is 2.63 bits per heavy atom. The molecule has 0 unspecified atom stereocenters. The zero-order chi connectivity index (χ0) is 13.8. The van der Waals surface area contributed by atoms with E-state index in [-0.39, 0.29) is 5.91 Å². The van der Waals surface area contributed by atoms with Crippen LogP contribution in [0.2, 0.25) is 0 Å². The van der Waals surface area contributed by atoms with Crippen molar-refractivity contribution in [3.05, 3.63) is 46.7 Å². The minimum Gasteiger partial charge on any atom is -0.481 e. The van der Waals surface area contributed by atoms with Crippen LogP contribution in [0.5, 0.6) is 5.75 Å². The van der Waals surface area contributed by atoms with Gasteiger partial charge in [0, 0.05) is 6.20 Å². The summed E-state index contributed by atoms with van der Waals surface area (Å²) < 4.78 is 7.65. The van der Waals surface area contributed by atoms with E-state index >= 15 is 0 Å². The second-order valence-corrected chi connectivity index (χ2v) is 5.11. The molecule has 0 bridgehead atoms. The van der Waals surface area contributed by atoms with Crippen molar-refractivity contribution in [1.29, 1.82) is 0 Å². The van der Waals surface area contributed by atoms with Crippen LogP contribution in [-0.4, -0.2) is 21.8 Å². The average Bonchev–Trinajstić information content (AvgIpc) is 2.85. The summed E-state index contributed by atoms with van der Waals surface area (Å²) >= 11 is 3.26.